The SMILES string of the molecule is Cc1ccccc1NC(=O)CSc1nc(C(C)(C)C)cs1. The number of hydrogen-bond acceptors (Lipinski definition) is 4. The average Bonchev–Trinajstić information content (AvgIpc) is 2.88. The highest BCUT2D eigenvalue weighted by Gasteiger charge is 2.18. The van der Waals surface area contributed by atoms with Crippen LogP contribution in [0.25, 0.3) is 0 Å². The Morgan fingerprint density at radius 1 is 1.33 bits per heavy atom. The molecule has 0 fully saturated rings. The number of benzene rings is 1. The third-order valence-electron chi connectivity index (χ3n) is 3.00. The molecule has 0 unspecified atom stereocenters. The Kier molecular flexibility index (Phi) is 5.06. The molecular formula is C16H20N2OS2. The van der Waals surface area contributed by atoms with Gasteiger partial charge in [-0.05, 0) is 18.6 Å². The maximum absolute atomic E-state index is 12.0. The third kappa shape index (κ3) is 4.58. The van der Waals surface area contributed by atoms with Gasteiger partial charge in [0.15, 0.2) is 4.34 Å². The number of aryl methyl sites for hydroxylation is 1. The summed E-state index contributed by atoms with van der Waals surface area (Å²) in [7, 11) is 0. The summed E-state index contributed by atoms with van der Waals surface area (Å²) in [5, 5.41) is 5.01. The van der Waals surface area contributed by atoms with Crippen LogP contribution in [0.1, 0.15) is 32.0 Å². The molecule has 0 aliphatic carbocycles. The zero-order chi connectivity index (χ0) is 15.5. The van der Waals surface area contributed by atoms with Crippen molar-refractivity contribution in [2.75, 3.05) is 11.1 Å². The molecule has 0 aliphatic rings. The van der Waals surface area contributed by atoms with Crippen LogP contribution in [0.3, 0.4) is 0 Å². The second-order valence-electron chi connectivity index (χ2n) is 5.90. The molecule has 21 heavy (non-hydrogen) atoms. The fourth-order valence-electron chi connectivity index (χ4n) is 1.69. The maximum Gasteiger partial charge on any atom is 0.234 e. The van der Waals surface area contributed by atoms with Crippen LogP contribution in [0.2, 0.25) is 0 Å². The molecule has 0 atom stereocenters. The monoisotopic (exact) mass is 320 g/mol. The first-order valence-electron chi connectivity index (χ1n) is 6.80. The predicted octanol–water partition coefficient (Wildman–Crippen LogP) is 4.48. The van der Waals surface area contributed by atoms with Gasteiger partial charge in [0.05, 0.1) is 11.4 Å². The van der Waals surface area contributed by atoms with Crippen LogP contribution in [0, 0.1) is 6.92 Å². The summed E-state index contributed by atoms with van der Waals surface area (Å²) in [6.45, 7) is 8.41. The van der Waals surface area contributed by atoms with Crippen LogP contribution < -0.4 is 5.32 Å². The first-order valence-corrected chi connectivity index (χ1v) is 8.67. The van der Waals surface area contributed by atoms with E-state index in [1.54, 1.807) is 11.3 Å². The van der Waals surface area contributed by atoms with Crippen molar-refractivity contribution in [1.29, 1.82) is 0 Å². The Morgan fingerprint density at radius 2 is 2.05 bits per heavy atom. The number of nitrogens with one attached hydrogen (secondary N) is 1. The number of aromatic nitrogens is 1. The highest BCUT2D eigenvalue weighted by atomic mass is 32.2. The van der Waals surface area contributed by atoms with Gasteiger partial charge in [0, 0.05) is 16.5 Å². The molecule has 0 spiro atoms. The number of nitrogens with zero attached hydrogens (tertiary/aromatic N) is 1. The summed E-state index contributed by atoms with van der Waals surface area (Å²) in [6.07, 6.45) is 0. The van der Waals surface area contributed by atoms with Crippen molar-refractivity contribution in [3.63, 3.8) is 0 Å². The molecule has 5 heteroatoms. The number of para-hydroxylation sites is 1. The quantitative estimate of drug-likeness (QED) is 0.845. The smallest absolute Gasteiger partial charge is 0.234 e. The topological polar surface area (TPSA) is 42.0 Å². The highest BCUT2D eigenvalue weighted by Crippen LogP contribution is 2.29. The van der Waals surface area contributed by atoms with E-state index in [1.165, 1.54) is 11.8 Å². The first-order chi connectivity index (χ1) is 9.86. The molecule has 112 valence electrons. The van der Waals surface area contributed by atoms with Crippen molar-refractivity contribution >= 4 is 34.7 Å². The van der Waals surface area contributed by atoms with Gasteiger partial charge in [-0.3, -0.25) is 4.79 Å². The number of amides is 1. The van der Waals surface area contributed by atoms with E-state index in [2.05, 4.69) is 36.5 Å². The van der Waals surface area contributed by atoms with Gasteiger partial charge in [-0.25, -0.2) is 4.98 Å². The maximum atomic E-state index is 12.0. The van der Waals surface area contributed by atoms with Crippen LogP contribution in [0.15, 0.2) is 34.0 Å². The summed E-state index contributed by atoms with van der Waals surface area (Å²) in [4.78, 5) is 16.6. The third-order valence-corrected chi connectivity index (χ3v) is 5.02. The Bertz CT molecular complexity index is 629. The molecule has 1 heterocycles. The van der Waals surface area contributed by atoms with Crippen molar-refractivity contribution in [2.45, 2.75) is 37.4 Å². The van der Waals surface area contributed by atoms with E-state index in [0.29, 0.717) is 5.75 Å². The summed E-state index contributed by atoms with van der Waals surface area (Å²) in [5.74, 6) is 0.382. The Balaban J connectivity index is 1.90. The van der Waals surface area contributed by atoms with Gasteiger partial charge in [-0.2, -0.15) is 0 Å². The lowest BCUT2D eigenvalue weighted by atomic mass is 9.93. The molecule has 0 bridgehead atoms. The molecule has 1 amide bonds. The van der Waals surface area contributed by atoms with Gasteiger partial charge in [0.1, 0.15) is 0 Å². The van der Waals surface area contributed by atoms with E-state index in [0.717, 1.165) is 21.3 Å². The average molecular weight is 320 g/mol. The Hall–Kier alpha value is -1.33. The largest absolute Gasteiger partial charge is 0.325 e. The summed E-state index contributed by atoms with van der Waals surface area (Å²) in [5.41, 5.74) is 3.07. The molecule has 0 radical (unpaired) electrons. The molecule has 1 N–H and O–H groups in total. The van der Waals surface area contributed by atoms with Gasteiger partial charge in [-0.15, -0.1) is 11.3 Å². The van der Waals surface area contributed by atoms with E-state index in [-0.39, 0.29) is 11.3 Å². The molecule has 0 saturated carbocycles. The number of rotatable bonds is 4. The molecule has 1 aromatic carbocycles. The Labute approximate surface area is 134 Å². The van der Waals surface area contributed by atoms with Crippen LogP contribution in [-0.2, 0) is 10.2 Å². The van der Waals surface area contributed by atoms with Gasteiger partial charge in [-0.1, -0.05) is 50.7 Å². The van der Waals surface area contributed by atoms with Crippen LogP contribution >= 0.6 is 23.1 Å². The van der Waals surface area contributed by atoms with Crippen molar-refractivity contribution in [1.82, 2.24) is 4.98 Å². The minimum absolute atomic E-state index is 0.00167. The normalized spacial score (nSPS) is 11.4. The van der Waals surface area contributed by atoms with Crippen LogP contribution in [0.5, 0.6) is 0 Å². The van der Waals surface area contributed by atoms with E-state index in [4.69, 9.17) is 0 Å². The van der Waals surface area contributed by atoms with Crippen molar-refractivity contribution in [2.24, 2.45) is 0 Å². The Morgan fingerprint density at radius 3 is 2.67 bits per heavy atom. The number of thioether (sulfide) groups is 1. The lowest BCUT2D eigenvalue weighted by Crippen LogP contribution is -2.14. The number of carbonyl (C=O) groups is 1. The second-order valence-corrected chi connectivity index (χ2v) is 7.98. The summed E-state index contributed by atoms with van der Waals surface area (Å²) >= 11 is 3.09. The zero-order valence-corrected chi connectivity index (χ0v) is 14.4. The van der Waals surface area contributed by atoms with Gasteiger partial charge < -0.3 is 5.32 Å². The number of anilines is 1. The first kappa shape index (κ1) is 16.0. The fourth-order valence-corrected chi connectivity index (χ4v) is 3.55. The predicted molar refractivity (Wildman–Crippen MR) is 91.3 cm³/mol. The van der Waals surface area contributed by atoms with Crippen LogP contribution in [-0.4, -0.2) is 16.6 Å². The van der Waals surface area contributed by atoms with Gasteiger partial charge >= 0.3 is 0 Å². The molecule has 2 rings (SSSR count). The second kappa shape index (κ2) is 6.62. The summed E-state index contributed by atoms with van der Waals surface area (Å²) < 4.78 is 0.944. The number of thiazole rings is 1. The number of carbonyl (C=O) groups excluding carboxylic acids is 1. The molecule has 2 aromatic rings. The van der Waals surface area contributed by atoms with E-state index >= 15 is 0 Å². The minimum atomic E-state index is 0.00167. The molecule has 0 aliphatic heterocycles. The molecule has 3 nitrogen and oxygen atoms in total. The fraction of sp³-hybridized carbons (Fsp3) is 0.375. The van der Waals surface area contributed by atoms with Crippen LogP contribution in [0.4, 0.5) is 5.69 Å². The number of hydrogen-bond donors (Lipinski definition) is 1. The van der Waals surface area contributed by atoms with E-state index in [1.807, 2.05) is 31.2 Å². The van der Waals surface area contributed by atoms with Crippen molar-refractivity contribution < 1.29 is 4.79 Å². The van der Waals surface area contributed by atoms with Crippen molar-refractivity contribution in [3.05, 3.63) is 40.9 Å². The van der Waals surface area contributed by atoms with Gasteiger partial charge in [0.2, 0.25) is 5.91 Å². The zero-order valence-electron chi connectivity index (χ0n) is 12.8. The lowest BCUT2D eigenvalue weighted by molar-refractivity contribution is -0.113. The lowest BCUT2D eigenvalue weighted by Gasteiger charge is -2.14. The van der Waals surface area contributed by atoms with Gasteiger partial charge in [0.25, 0.3) is 0 Å². The molecule has 0 saturated heterocycles. The van der Waals surface area contributed by atoms with E-state index in [9.17, 15) is 4.79 Å². The summed E-state index contributed by atoms with van der Waals surface area (Å²) in [6, 6.07) is 7.79. The standard InChI is InChI=1S/C16H20N2OS2/c1-11-7-5-6-8-12(11)17-14(19)10-21-15-18-13(9-20-15)16(2,3)4/h5-9H,10H2,1-4H3,(H,17,19). The molecule has 1 aromatic heterocycles. The van der Waals surface area contributed by atoms with E-state index < -0.39 is 0 Å². The molecular weight excluding hydrogens is 300 g/mol. The van der Waals surface area contributed by atoms with Crippen molar-refractivity contribution in [3.8, 4) is 0 Å². The highest BCUT2D eigenvalue weighted by molar-refractivity contribution is 8.01. The minimum Gasteiger partial charge on any atom is -0.325 e.